The van der Waals surface area contributed by atoms with Gasteiger partial charge in [0, 0.05) is 18.9 Å². The van der Waals surface area contributed by atoms with Gasteiger partial charge in [-0.2, -0.15) is 0 Å². The molecule has 1 N–H and O–H groups in total. The number of para-hydroxylation sites is 1. The van der Waals surface area contributed by atoms with Gasteiger partial charge in [-0.15, -0.1) is 6.58 Å². The van der Waals surface area contributed by atoms with Crippen LogP contribution in [0.15, 0.2) is 30.9 Å². The van der Waals surface area contributed by atoms with Gasteiger partial charge in [0.05, 0.1) is 5.69 Å². The first-order valence-corrected chi connectivity index (χ1v) is 5.35. The lowest BCUT2D eigenvalue weighted by molar-refractivity contribution is -0.117. The first kappa shape index (κ1) is 10.7. The first-order chi connectivity index (χ1) is 7.63. The molecule has 1 atom stereocenters. The molecule has 1 aromatic rings. The van der Waals surface area contributed by atoms with Crippen LogP contribution in [-0.4, -0.2) is 17.6 Å². The maximum Gasteiger partial charge on any atom is 0.227 e. The Bertz CT molecular complexity index is 440. The molecule has 1 aliphatic rings. The van der Waals surface area contributed by atoms with Crippen molar-refractivity contribution in [2.75, 3.05) is 11.4 Å². The summed E-state index contributed by atoms with van der Waals surface area (Å²) in [7, 11) is 0. The maximum atomic E-state index is 11.8. The molecule has 84 valence electrons. The van der Waals surface area contributed by atoms with Crippen molar-refractivity contribution in [3.8, 4) is 5.75 Å². The van der Waals surface area contributed by atoms with E-state index in [9.17, 15) is 9.90 Å². The van der Waals surface area contributed by atoms with E-state index in [-0.39, 0.29) is 17.6 Å². The first-order valence-electron chi connectivity index (χ1n) is 5.35. The van der Waals surface area contributed by atoms with Crippen LogP contribution in [0.5, 0.6) is 5.75 Å². The Kier molecular flexibility index (Phi) is 2.69. The molecule has 0 aliphatic carbocycles. The van der Waals surface area contributed by atoms with E-state index < -0.39 is 0 Å². The molecule has 0 spiro atoms. The molecule has 3 heteroatoms. The summed E-state index contributed by atoms with van der Waals surface area (Å²) in [6.07, 6.45) is 2.28. The Morgan fingerprint density at radius 3 is 2.94 bits per heavy atom. The van der Waals surface area contributed by atoms with Crippen molar-refractivity contribution in [1.29, 1.82) is 0 Å². The molecule has 1 heterocycles. The fraction of sp³-hybridized carbons (Fsp3) is 0.308. The minimum atomic E-state index is 0.0470. The smallest absolute Gasteiger partial charge is 0.227 e. The summed E-state index contributed by atoms with van der Waals surface area (Å²) in [5.74, 6) is 0.429. The van der Waals surface area contributed by atoms with Crippen LogP contribution in [0, 0.1) is 12.8 Å². The third kappa shape index (κ3) is 1.69. The van der Waals surface area contributed by atoms with Crippen LogP contribution < -0.4 is 4.90 Å². The van der Waals surface area contributed by atoms with Gasteiger partial charge in [-0.25, -0.2) is 0 Å². The fourth-order valence-electron chi connectivity index (χ4n) is 1.99. The van der Waals surface area contributed by atoms with Crippen LogP contribution in [0.2, 0.25) is 0 Å². The Morgan fingerprint density at radius 2 is 2.31 bits per heavy atom. The van der Waals surface area contributed by atoms with Crippen molar-refractivity contribution in [3.63, 3.8) is 0 Å². The van der Waals surface area contributed by atoms with Crippen molar-refractivity contribution >= 4 is 11.6 Å². The Morgan fingerprint density at radius 1 is 1.56 bits per heavy atom. The molecular weight excluding hydrogens is 202 g/mol. The number of carbonyl (C=O) groups excluding carboxylic acids is 1. The molecule has 1 aliphatic heterocycles. The zero-order valence-electron chi connectivity index (χ0n) is 9.31. The lowest BCUT2D eigenvalue weighted by Gasteiger charge is -2.18. The number of benzene rings is 1. The topological polar surface area (TPSA) is 40.5 Å². The number of carbonyl (C=O) groups is 1. The molecule has 1 amide bonds. The molecule has 0 bridgehead atoms. The van der Waals surface area contributed by atoms with Crippen molar-refractivity contribution in [3.05, 3.63) is 36.4 Å². The summed E-state index contributed by atoms with van der Waals surface area (Å²) in [5, 5.41) is 9.91. The summed E-state index contributed by atoms with van der Waals surface area (Å²) in [6, 6.07) is 5.44. The Balaban J connectivity index is 2.35. The number of hydrogen-bond acceptors (Lipinski definition) is 2. The molecule has 1 saturated heterocycles. The van der Waals surface area contributed by atoms with Gasteiger partial charge in [0.2, 0.25) is 5.91 Å². The fourth-order valence-corrected chi connectivity index (χ4v) is 1.99. The lowest BCUT2D eigenvalue weighted by Crippen LogP contribution is -2.24. The van der Waals surface area contributed by atoms with Gasteiger partial charge >= 0.3 is 0 Å². The molecule has 1 fully saturated rings. The monoisotopic (exact) mass is 217 g/mol. The SMILES string of the molecule is C=CC1CC(=O)N(c2cccc(C)c2O)C1. The largest absolute Gasteiger partial charge is 0.505 e. The second-order valence-electron chi connectivity index (χ2n) is 4.15. The predicted octanol–water partition coefficient (Wildman–Crippen LogP) is 2.24. The second kappa shape index (κ2) is 4.00. The van der Waals surface area contributed by atoms with Gasteiger partial charge < -0.3 is 10.0 Å². The minimum absolute atomic E-state index is 0.0470. The lowest BCUT2D eigenvalue weighted by atomic mass is 10.1. The van der Waals surface area contributed by atoms with Crippen molar-refractivity contribution in [2.45, 2.75) is 13.3 Å². The van der Waals surface area contributed by atoms with E-state index in [1.54, 1.807) is 17.0 Å². The Hall–Kier alpha value is -1.77. The molecular formula is C13H15NO2. The zero-order valence-corrected chi connectivity index (χ0v) is 9.31. The highest BCUT2D eigenvalue weighted by Gasteiger charge is 2.30. The van der Waals surface area contributed by atoms with Crippen LogP contribution in [0.25, 0.3) is 0 Å². The van der Waals surface area contributed by atoms with Gasteiger partial charge in [0.1, 0.15) is 5.75 Å². The number of phenolic OH excluding ortho intramolecular Hbond substituents is 1. The minimum Gasteiger partial charge on any atom is -0.505 e. The van der Waals surface area contributed by atoms with Gasteiger partial charge in [-0.05, 0) is 18.6 Å². The third-order valence-corrected chi connectivity index (χ3v) is 3.00. The molecule has 16 heavy (non-hydrogen) atoms. The number of amides is 1. The second-order valence-corrected chi connectivity index (χ2v) is 4.15. The van der Waals surface area contributed by atoms with Crippen molar-refractivity contribution < 1.29 is 9.90 Å². The normalized spacial score (nSPS) is 20.2. The number of nitrogens with zero attached hydrogens (tertiary/aromatic N) is 1. The highest BCUT2D eigenvalue weighted by atomic mass is 16.3. The summed E-state index contributed by atoms with van der Waals surface area (Å²) < 4.78 is 0. The van der Waals surface area contributed by atoms with E-state index in [4.69, 9.17) is 0 Å². The van der Waals surface area contributed by atoms with Gasteiger partial charge in [0.25, 0.3) is 0 Å². The summed E-state index contributed by atoms with van der Waals surface area (Å²) in [6.45, 7) is 6.14. The molecule has 0 saturated carbocycles. The van der Waals surface area contributed by atoms with Crippen LogP contribution in [0.4, 0.5) is 5.69 Å². The summed E-state index contributed by atoms with van der Waals surface area (Å²) in [4.78, 5) is 13.4. The number of rotatable bonds is 2. The van der Waals surface area contributed by atoms with Crippen LogP contribution in [0.3, 0.4) is 0 Å². The predicted molar refractivity (Wildman–Crippen MR) is 63.5 cm³/mol. The van der Waals surface area contributed by atoms with E-state index in [2.05, 4.69) is 6.58 Å². The van der Waals surface area contributed by atoms with Gasteiger partial charge in [-0.3, -0.25) is 4.79 Å². The summed E-state index contributed by atoms with van der Waals surface area (Å²) >= 11 is 0. The maximum absolute atomic E-state index is 11.8. The van der Waals surface area contributed by atoms with Crippen LogP contribution >= 0.6 is 0 Å². The molecule has 1 unspecified atom stereocenters. The summed E-state index contributed by atoms with van der Waals surface area (Å²) in [5.41, 5.74) is 1.39. The third-order valence-electron chi connectivity index (χ3n) is 3.00. The number of anilines is 1. The standard InChI is InChI=1S/C13H15NO2/c1-3-10-7-12(15)14(8-10)11-6-4-5-9(2)13(11)16/h3-6,10,16H,1,7-8H2,2H3. The zero-order chi connectivity index (χ0) is 11.7. The van der Waals surface area contributed by atoms with E-state index in [1.807, 2.05) is 19.1 Å². The van der Waals surface area contributed by atoms with Crippen molar-refractivity contribution in [1.82, 2.24) is 0 Å². The van der Waals surface area contributed by atoms with E-state index >= 15 is 0 Å². The number of hydrogen-bond donors (Lipinski definition) is 1. The quantitative estimate of drug-likeness (QED) is 0.772. The van der Waals surface area contributed by atoms with Crippen LogP contribution in [-0.2, 0) is 4.79 Å². The number of phenols is 1. The molecule has 2 rings (SSSR count). The molecule has 3 nitrogen and oxygen atoms in total. The average molecular weight is 217 g/mol. The molecule has 0 radical (unpaired) electrons. The number of aryl methyl sites for hydroxylation is 1. The van der Waals surface area contributed by atoms with Gasteiger partial charge in [-0.1, -0.05) is 18.2 Å². The van der Waals surface area contributed by atoms with Crippen LogP contribution in [0.1, 0.15) is 12.0 Å². The average Bonchev–Trinajstić information content (AvgIpc) is 2.64. The van der Waals surface area contributed by atoms with Crippen molar-refractivity contribution in [2.24, 2.45) is 5.92 Å². The molecule has 0 aromatic heterocycles. The van der Waals surface area contributed by atoms with Gasteiger partial charge in [0.15, 0.2) is 0 Å². The molecule has 1 aromatic carbocycles. The van der Waals surface area contributed by atoms with E-state index in [0.717, 1.165) is 5.56 Å². The van der Waals surface area contributed by atoms with E-state index in [0.29, 0.717) is 18.7 Å². The Labute approximate surface area is 95.0 Å². The highest BCUT2D eigenvalue weighted by Crippen LogP contribution is 2.34. The number of aromatic hydroxyl groups is 1. The highest BCUT2D eigenvalue weighted by molar-refractivity contribution is 5.97. The van der Waals surface area contributed by atoms with E-state index in [1.165, 1.54) is 0 Å².